The molecular weight excluding hydrogens is 554 g/mol. The Morgan fingerprint density at radius 1 is 0.950 bits per heavy atom. The van der Waals surface area contributed by atoms with Gasteiger partial charge in [0.25, 0.3) is 5.56 Å². The highest BCUT2D eigenvalue weighted by Gasteiger charge is 2.38. The normalized spacial score (nSPS) is 18.2. The molecule has 5 N–H and O–H groups in total. The monoisotopic (exact) mass is 582 g/mol. The fourth-order valence-corrected chi connectivity index (χ4v) is 3.92. The Morgan fingerprint density at radius 2 is 1.48 bits per heavy atom. The highest BCUT2D eigenvalue weighted by molar-refractivity contribution is 5.73. The average Bonchev–Trinajstić information content (AvgIpc) is 3.28. The van der Waals surface area contributed by atoms with Crippen molar-refractivity contribution in [3.63, 3.8) is 0 Å². The molecule has 1 aromatic carbocycles. The predicted molar refractivity (Wildman–Crippen MR) is 128 cm³/mol. The quantitative estimate of drug-likeness (QED) is 0.342. The third kappa shape index (κ3) is 10.9. The molecule has 2 saturated heterocycles. The van der Waals surface area contributed by atoms with Gasteiger partial charge in [0.1, 0.15) is 5.82 Å². The van der Waals surface area contributed by atoms with Gasteiger partial charge >= 0.3 is 24.3 Å². The Hall–Kier alpha value is -3.50. The number of aromatic nitrogens is 2. The summed E-state index contributed by atoms with van der Waals surface area (Å²) in [6.45, 7) is 4.49. The Morgan fingerprint density at radius 3 is 1.93 bits per heavy atom. The summed E-state index contributed by atoms with van der Waals surface area (Å²) in [6, 6.07) is 9.85. The summed E-state index contributed by atoms with van der Waals surface area (Å²) in [5.41, 5.74) is 2.96. The molecule has 1 aromatic heterocycles. The lowest BCUT2D eigenvalue weighted by molar-refractivity contribution is -0.193. The summed E-state index contributed by atoms with van der Waals surface area (Å²) in [5, 5.41) is 27.2. The number of likely N-dealkylation sites (tertiary alicyclic amines) is 1. The minimum absolute atomic E-state index is 0.0846. The fourth-order valence-electron chi connectivity index (χ4n) is 3.92. The molecule has 0 unspecified atom stereocenters. The Bertz CT molecular complexity index is 1160. The molecule has 0 saturated carbocycles. The lowest BCUT2D eigenvalue weighted by Crippen LogP contribution is -2.28. The highest BCUT2D eigenvalue weighted by Crippen LogP contribution is 2.25. The SMILES string of the molecule is O=C(O)C(F)(F)F.O=C(O)C(F)(F)F.O=c1cc(C2CCNCC2)nc(-c2ccc(CN3CC[C@@H](O)C3)cc2)[nH]1. The number of nitrogens with one attached hydrogen (secondary N) is 2. The van der Waals surface area contributed by atoms with E-state index in [2.05, 4.69) is 27.3 Å². The number of rotatable bonds is 4. The van der Waals surface area contributed by atoms with E-state index in [0.717, 1.165) is 63.2 Å². The van der Waals surface area contributed by atoms with Gasteiger partial charge < -0.3 is 25.6 Å². The van der Waals surface area contributed by atoms with Crippen molar-refractivity contribution in [1.29, 1.82) is 0 Å². The second-order valence-corrected chi connectivity index (χ2v) is 9.02. The van der Waals surface area contributed by atoms with Gasteiger partial charge in [0.2, 0.25) is 0 Å². The van der Waals surface area contributed by atoms with Gasteiger partial charge in [-0.15, -0.1) is 0 Å². The standard InChI is InChI=1S/C20H26N4O2.2C2HF3O2/c25-17-7-10-24(13-17)12-14-1-3-16(4-2-14)20-22-18(11-19(26)23-20)15-5-8-21-9-6-15;2*3-2(4,5)1(6)7/h1-4,11,15,17,21,25H,5-10,12-13H2,(H,22,23,26);2*(H,6,7)/t17-;;/m1../s1. The molecule has 2 aromatic rings. The number of halogens is 6. The molecule has 2 fully saturated rings. The van der Waals surface area contributed by atoms with Crippen molar-refractivity contribution in [3.05, 3.63) is 51.9 Å². The summed E-state index contributed by atoms with van der Waals surface area (Å²) < 4.78 is 63.5. The predicted octanol–water partition coefficient (Wildman–Crippen LogP) is 2.74. The number of aliphatic carboxylic acids is 2. The molecule has 2 aliphatic heterocycles. The third-order valence-corrected chi connectivity index (χ3v) is 5.88. The van der Waals surface area contributed by atoms with Gasteiger partial charge in [-0.2, -0.15) is 26.3 Å². The van der Waals surface area contributed by atoms with E-state index in [1.165, 1.54) is 5.56 Å². The number of aliphatic hydroxyl groups excluding tert-OH is 1. The van der Waals surface area contributed by atoms with Gasteiger partial charge in [-0.1, -0.05) is 24.3 Å². The number of piperidine rings is 1. The van der Waals surface area contributed by atoms with Gasteiger partial charge in [-0.05, 0) is 37.9 Å². The molecule has 0 spiro atoms. The number of aromatic amines is 1. The van der Waals surface area contributed by atoms with Gasteiger partial charge in [0.05, 0.1) is 11.8 Å². The third-order valence-electron chi connectivity index (χ3n) is 5.88. The van der Waals surface area contributed by atoms with Crippen LogP contribution in [0, 0.1) is 0 Å². The molecule has 10 nitrogen and oxygen atoms in total. The maximum atomic E-state index is 12.1. The molecule has 3 heterocycles. The lowest BCUT2D eigenvalue weighted by atomic mass is 9.94. The van der Waals surface area contributed by atoms with Crippen LogP contribution in [0.4, 0.5) is 26.3 Å². The van der Waals surface area contributed by atoms with Crippen molar-refractivity contribution in [2.24, 2.45) is 0 Å². The largest absolute Gasteiger partial charge is 0.490 e. The van der Waals surface area contributed by atoms with E-state index in [1.807, 2.05) is 12.1 Å². The number of alkyl halides is 6. The summed E-state index contributed by atoms with van der Waals surface area (Å²) in [7, 11) is 0. The van der Waals surface area contributed by atoms with Crippen molar-refractivity contribution in [2.45, 2.75) is 50.2 Å². The van der Waals surface area contributed by atoms with Crippen LogP contribution in [-0.4, -0.2) is 86.8 Å². The lowest BCUT2D eigenvalue weighted by Gasteiger charge is -2.22. The van der Waals surface area contributed by atoms with E-state index in [0.29, 0.717) is 11.7 Å². The summed E-state index contributed by atoms with van der Waals surface area (Å²) in [6.07, 6.45) is -7.46. The first-order valence-corrected chi connectivity index (χ1v) is 12.0. The second kappa shape index (κ2) is 14.2. The van der Waals surface area contributed by atoms with Crippen LogP contribution >= 0.6 is 0 Å². The van der Waals surface area contributed by atoms with Gasteiger partial charge in [0, 0.05) is 37.2 Å². The van der Waals surface area contributed by atoms with Gasteiger partial charge in [0.15, 0.2) is 0 Å². The first-order valence-electron chi connectivity index (χ1n) is 12.0. The number of carboxylic acids is 2. The topological polar surface area (TPSA) is 156 Å². The summed E-state index contributed by atoms with van der Waals surface area (Å²) >= 11 is 0. The van der Waals surface area contributed by atoms with E-state index >= 15 is 0 Å². The molecule has 4 rings (SSSR count). The van der Waals surface area contributed by atoms with E-state index in [9.17, 15) is 36.2 Å². The molecular formula is C24H28F6N4O6. The second-order valence-electron chi connectivity index (χ2n) is 9.02. The van der Waals surface area contributed by atoms with Crippen LogP contribution in [0.2, 0.25) is 0 Å². The number of carbonyl (C=O) groups is 2. The number of hydrogen-bond donors (Lipinski definition) is 5. The molecule has 222 valence electrons. The van der Waals surface area contributed by atoms with E-state index in [-0.39, 0.29) is 11.7 Å². The molecule has 0 amide bonds. The number of nitrogens with zero attached hydrogens (tertiary/aromatic N) is 2. The van der Waals surface area contributed by atoms with Crippen molar-refractivity contribution in [3.8, 4) is 11.4 Å². The molecule has 1 atom stereocenters. The zero-order valence-electron chi connectivity index (χ0n) is 20.9. The zero-order chi connectivity index (χ0) is 30.1. The Kier molecular flexibility index (Phi) is 11.6. The Balaban J connectivity index is 0.000000333. The molecule has 0 aliphatic carbocycles. The number of hydrogen-bond acceptors (Lipinski definition) is 7. The van der Waals surface area contributed by atoms with Crippen molar-refractivity contribution in [2.75, 3.05) is 26.2 Å². The van der Waals surface area contributed by atoms with Crippen LogP contribution < -0.4 is 10.9 Å². The smallest absolute Gasteiger partial charge is 0.475 e. The van der Waals surface area contributed by atoms with Gasteiger partial charge in [-0.3, -0.25) is 9.69 Å². The first-order chi connectivity index (χ1) is 18.6. The summed E-state index contributed by atoms with van der Waals surface area (Å²) in [4.78, 5) is 39.8. The molecule has 16 heteroatoms. The maximum Gasteiger partial charge on any atom is 0.490 e. The van der Waals surface area contributed by atoms with Gasteiger partial charge in [-0.25, -0.2) is 14.6 Å². The van der Waals surface area contributed by atoms with E-state index < -0.39 is 24.3 Å². The average molecular weight is 582 g/mol. The molecule has 0 bridgehead atoms. The van der Waals surface area contributed by atoms with E-state index in [1.54, 1.807) is 6.07 Å². The maximum absolute atomic E-state index is 12.1. The molecule has 40 heavy (non-hydrogen) atoms. The first kappa shape index (κ1) is 32.7. The highest BCUT2D eigenvalue weighted by atomic mass is 19.4. The van der Waals surface area contributed by atoms with Crippen LogP contribution in [0.5, 0.6) is 0 Å². The number of β-amino-alcohol motifs (C(OH)–C–C–N with tert-alkyl or cyclic N) is 1. The van der Waals surface area contributed by atoms with Crippen LogP contribution in [0.3, 0.4) is 0 Å². The Labute approximate surface area is 223 Å². The summed E-state index contributed by atoms with van der Waals surface area (Å²) in [5.74, 6) is -4.51. The number of carboxylic acid groups (broad SMARTS) is 2. The fraction of sp³-hybridized carbons (Fsp3) is 0.500. The number of benzene rings is 1. The molecule has 0 radical (unpaired) electrons. The van der Waals surface area contributed by atoms with Crippen LogP contribution in [0.1, 0.15) is 36.4 Å². The van der Waals surface area contributed by atoms with Crippen LogP contribution in [0.25, 0.3) is 11.4 Å². The number of aliphatic hydroxyl groups is 1. The van der Waals surface area contributed by atoms with Crippen LogP contribution in [-0.2, 0) is 16.1 Å². The molecule has 2 aliphatic rings. The van der Waals surface area contributed by atoms with Crippen molar-refractivity contribution >= 4 is 11.9 Å². The van der Waals surface area contributed by atoms with Crippen molar-refractivity contribution < 1.29 is 51.3 Å². The number of H-pyrrole nitrogens is 1. The van der Waals surface area contributed by atoms with Crippen molar-refractivity contribution in [1.82, 2.24) is 20.2 Å². The minimum Gasteiger partial charge on any atom is -0.475 e. The van der Waals surface area contributed by atoms with E-state index in [4.69, 9.17) is 24.8 Å². The van der Waals surface area contributed by atoms with Crippen LogP contribution in [0.15, 0.2) is 35.1 Å². The zero-order valence-corrected chi connectivity index (χ0v) is 20.9. The minimum atomic E-state index is -5.08.